The zero-order valence-corrected chi connectivity index (χ0v) is 9.13. The number of hydrogen-bond acceptors (Lipinski definition) is 3. The van der Waals surface area contributed by atoms with Gasteiger partial charge in [0.05, 0.1) is 0 Å². The maximum absolute atomic E-state index is 9.11. The minimum absolute atomic E-state index is 0.621. The lowest BCUT2D eigenvalue weighted by atomic mass is 9.77. The van der Waals surface area contributed by atoms with Gasteiger partial charge in [-0.25, -0.2) is 0 Å². The van der Waals surface area contributed by atoms with Crippen LogP contribution in [0, 0.1) is 0 Å². The average molecular weight is 210 g/mol. The summed E-state index contributed by atoms with van der Waals surface area (Å²) in [5, 5.41) is 18.2. The van der Waals surface area contributed by atoms with Gasteiger partial charge in [0.1, 0.15) is 0 Å². The molecule has 0 bridgehead atoms. The first-order valence-electron chi connectivity index (χ1n) is 4.77. The van der Waals surface area contributed by atoms with Crippen molar-refractivity contribution >= 4 is 24.3 Å². The number of benzene rings is 1. The SMILES string of the molecule is CCCSCc1ccccc1B(O)O. The largest absolute Gasteiger partial charge is 0.488 e. The first-order valence-corrected chi connectivity index (χ1v) is 5.93. The normalized spacial score (nSPS) is 10.2. The molecule has 0 radical (unpaired) electrons. The second-order valence-corrected chi connectivity index (χ2v) is 4.23. The molecule has 2 nitrogen and oxygen atoms in total. The van der Waals surface area contributed by atoms with Crippen molar-refractivity contribution in [2.24, 2.45) is 0 Å². The maximum Gasteiger partial charge on any atom is 0.488 e. The van der Waals surface area contributed by atoms with Crippen molar-refractivity contribution in [2.45, 2.75) is 19.1 Å². The van der Waals surface area contributed by atoms with Gasteiger partial charge in [-0.15, -0.1) is 0 Å². The van der Waals surface area contributed by atoms with Crippen molar-refractivity contribution in [3.63, 3.8) is 0 Å². The summed E-state index contributed by atoms with van der Waals surface area (Å²) >= 11 is 1.82. The van der Waals surface area contributed by atoms with Crippen LogP contribution in [0.1, 0.15) is 18.9 Å². The summed E-state index contributed by atoms with van der Waals surface area (Å²) in [6.07, 6.45) is 1.15. The second kappa shape index (κ2) is 6.12. The molecule has 0 aliphatic carbocycles. The van der Waals surface area contributed by atoms with E-state index >= 15 is 0 Å². The van der Waals surface area contributed by atoms with E-state index in [4.69, 9.17) is 10.0 Å². The molecular formula is C10H15BO2S. The smallest absolute Gasteiger partial charge is 0.423 e. The Bertz CT molecular complexity index is 279. The molecule has 0 aliphatic heterocycles. The Kier molecular flexibility index (Phi) is 5.08. The molecule has 2 N–H and O–H groups in total. The fourth-order valence-electron chi connectivity index (χ4n) is 1.24. The molecule has 0 atom stereocenters. The summed E-state index contributed by atoms with van der Waals surface area (Å²) in [6.45, 7) is 2.14. The summed E-state index contributed by atoms with van der Waals surface area (Å²) in [4.78, 5) is 0. The molecule has 0 saturated heterocycles. The Hall–Kier alpha value is -0.445. The second-order valence-electron chi connectivity index (χ2n) is 3.13. The highest BCUT2D eigenvalue weighted by Gasteiger charge is 2.14. The van der Waals surface area contributed by atoms with E-state index in [0.717, 1.165) is 23.5 Å². The van der Waals surface area contributed by atoms with E-state index in [1.165, 1.54) is 0 Å². The van der Waals surface area contributed by atoms with Gasteiger partial charge in [-0.1, -0.05) is 31.2 Å². The molecule has 0 spiro atoms. The first-order chi connectivity index (χ1) is 6.75. The maximum atomic E-state index is 9.11. The molecule has 0 aromatic heterocycles. The van der Waals surface area contributed by atoms with E-state index in [9.17, 15) is 0 Å². The molecule has 0 heterocycles. The molecule has 0 unspecified atom stereocenters. The fourth-order valence-corrected chi connectivity index (χ4v) is 2.16. The summed E-state index contributed by atoms with van der Waals surface area (Å²) < 4.78 is 0. The zero-order chi connectivity index (χ0) is 10.4. The van der Waals surface area contributed by atoms with Gasteiger partial charge in [-0.05, 0) is 23.2 Å². The Morgan fingerprint density at radius 2 is 2.00 bits per heavy atom. The molecule has 76 valence electrons. The molecule has 0 fully saturated rings. The highest BCUT2D eigenvalue weighted by Crippen LogP contribution is 2.11. The van der Waals surface area contributed by atoms with Gasteiger partial charge in [0.15, 0.2) is 0 Å². The first kappa shape index (κ1) is 11.6. The van der Waals surface area contributed by atoms with E-state index < -0.39 is 7.12 Å². The predicted molar refractivity (Wildman–Crippen MR) is 62.7 cm³/mol. The lowest BCUT2D eigenvalue weighted by molar-refractivity contribution is 0.425. The van der Waals surface area contributed by atoms with E-state index in [1.807, 2.05) is 30.0 Å². The number of hydrogen-bond donors (Lipinski definition) is 2. The van der Waals surface area contributed by atoms with Gasteiger partial charge in [0.25, 0.3) is 0 Å². The molecule has 1 aromatic carbocycles. The van der Waals surface area contributed by atoms with E-state index in [0.29, 0.717) is 5.46 Å². The van der Waals surface area contributed by atoms with Crippen LogP contribution in [-0.2, 0) is 5.75 Å². The molecule has 0 amide bonds. The van der Waals surface area contributed by atoms with Crippen LogP contribution in [0.5, 0.6) is 0 Å². The lowest BCUT2D eigenvalue weighted by Crippen LogP contribution is -2.32. The molecule has 1 rings (SSSR count). The molecular weight excluding hydrogens is 195 g/mol. The summed E-state index contributed by atoms with van der Waals surface area (Å²) in [7, 11) is -1.35. The lowest BCUT2D eigenvalue weighted by Gasteiger charge is -2.07. The van der Waals surface area contributed by atoms with Crippen molar-refractivity contribution in [3.05, 3.63) is 29.8 Å². The third-order valence-corrected chi connectivity index (χ3v) is 3.15. The molecule has 0 aliphatic rings. The third-order valence-electron chi connectivity index (χ3n) is 1.94. The third kappa shape index (κ3) is 3.37. The zero-order valence-electron chi connectivity index (χ0n) is 8.31. The summed E-state index contributed by atoms with van der Waals surface area (Å²) in [5.41, 5.74) is 1.64. The van der Waals surface area contributed by atoms with Crippen LogP contribution in [0.4, 0.5) is 0 Å². The molecule has 4 heteroatoms. The van der Waals surface area contributed by atoms with Crippen molar-refractivity contribution < 1.29 is 10.0 Å². The Morgan fingerprint density at radius 1 is 1.29 bits per heavy atom. The fraction of sp³-hybridized carbons (Fsp3) is 0.400. The standard InChI is InChI=1S/C10H15BO2S/c1-2-7-14-8-9-5-3-4-6-10(9)11(12)13/h3-6,12-13H,2,7-8H2,1H3. The van der Waals surface area contributed by atoms with Gasteiger partial charge in [0, 0.05) is 5.75 Å². The number of rotatable bonds is 5. The monoisotopic (exact) mass is 210 g/mol. The Morgan fingerprint density at radius 3 is 2.64 bits per heavy atom. The highest BCUT2D eigenvalue weighted by atomic mass is 32.2. The van der Waals surface area contributed by atoms with E-state index in [2.05, 4.69) is 6.92 Å². The summed E-state index contributed by atoms with van der Waals surface area (Å²) in [5.74, 6) is 1.96. The van der Waals surface area contributed by atoms with Crippen LogP contribution in [0.3, 0.4) is 0 Å². The minimum atomic E-state index is -1.35. The predicted octanol–water partition coefficient (Wildman–Crippen LogP) is 1.01. The Balaban J connectivity index is 2.64. The van der Waals surface area contributed by atoms with Crippen LogP contribution in [0.15, 0.2) is 24.3 Å². The topological polar surface area (TPSA) is 40.5 Å². The average Bonchev–Trinajstić information content (AvgIpc) is 2.19. The van der Waals surface area contributed by atoms with Gasteiger partial charge in [-0.3, -0.25) is 0 Å². The van der Waals surface area contributed by atoms with Crippen molar-refractivity contribution in [3.8, 4) is 0 Å². The minimum Gasteiger partial charge on any atom is -0.423 e. The highest BCUT2D eigenvalue weighted by molar-refractivity contribution is 7.98. The van der Waals surface area contributed by atoms with Crippen LogP contribution in [0.2, 0.25) is 0 Å². The van der Waals surface area contributed by atoms with Crippen LogP contribution >= 0.6 is 11.8 Å². The summed E-state index contributed by atoms with van der Waals surface area (Å²) in [6, 6.07) is 7.44. The van der Waals surface area contributed by atoms with Crippen LogP contribution < -0.4 is 5.46 Å². The van der Waals surface area contributed by atoms with Gasteiger partial charge in [-0.2, -0.15) is 11.8 Å². The van der Waals surface area contributed by atoms with E-state index in [-0.39, 0.29) is 0 Å². The molecule has 0 saturated carbocycles. The van der Waals surface area contributed by atoms with Gasteiger partial charge < -0.3 is 10.0 Å². The quantitative estimate of drug-likeness (QED) is 0.562. The van der Waals surface area contributed by atoms with Crippen molar-refractivity contribution in [1.29, 1.82) is 0 Å². The van der Waals surface area contributed by atoms with Crippen LogP contribution in [0.25, 0.3) is 0 Å². The molecule has 14 heavy (non-hydrogen) atoms. The number of thioether (sulfide) groups is 1. The van der Waals surface area contributed by atoms with Gasteiger partial charge in [0.2, 0.25) is 0 Å². The van der Waals surface area contributed by atoms with Crippen molar-refractivity contribution in [1.82, 2.24) is 0 Å². The van der Waals surface area contributed by atoms with Crippen molar-refractivity contribution in [2.75, 3.05) is 5.75 Å². The van der Waals surface area contributed by atoms with Crippen LogP contribution in [-0.4, -0.2) is 22.9 Å². The van der Waals surface area contributed by atoms with E-state index in [1.54, 1.807) is 6.07 Å². The molecule has 1 aromatic rings. The Labute approximate surface area is 89.5 Å². The van der Waals surface area contributed by atoms with Gasteiger partial charge >= 0.3 is 7.12 Å².